The molecule has 0 spiro atoms. The first-order valence-electron chi connectivity index (χ1n) is 6.03. The minimum atomic E-state index is -0.136. The highest BCUT2D eigenvalue weighted by molar-refractivity contribution is 9.10. The fraction of sp³-hybridized carbons (Fsp3) is 0.231. The van der Waals surface area contributed by atoms with Crippen LogP contribution in [-0.2, 0) is 7.05 Å². The number of nitrogens with one attached hydrogen (secondary N) is 1. The predicted octanol–water partition coefficient (Wildman–Crippen LogP) is 2.05. The van der Waals surface area contributed by atoms with E-state index in [0.717, 1.165) is 4.47 Å². The van der Waals surface area contributed by atoms with Crippen LogP contribution >= 0.6 is 28.3 Å². The smallest absolute Gasteiger partial charge is 0.274 e. The van der Waals surface area contributed by atoms with Gasteiger partial charge in [0.2, 0.25) is 5.88 Å². The van der Waals surface area contributed by atoms with Crippen LogP contribution in [0.15, 0.2) is 39.7 Å². The third-order valence-electron chi connectivity index (χ3n) is 2.50. The van der Waals surface area contributed by atoms with Gasteiger partial charge in [0.1, 0.15) is 18.1 Å². The van der Waals surface area contributed by atoms with E-state index in [2.05, 4.69) is 26.2 Å². The van der Waals surface area contributed by atoms with E-state index in [0.29, 0.717) is 30.5 Å². The number of hydrogen-bond donors (Lipinski definition) is 2. The second-order valence-electron chi connectivity index (χ2n) is 4.11. The highest BCUT2D eigenvalue weighted by Gasteiger charge is 2.05. The largest absolute Gasteiger partial charge is 0.476 e. The van der Waals surface area contributed by atoms with Gasteiger partial charge in [0.25, 0.3) is 5.56 Å². The molecule has 0 bridgehead atoms. The van der Waals surface area contributed by atoms with Crippen molar-refractivity contribution in [1.82, 2.24) is 9.55 Å². The molecular weight excluding hydrogens is 360 g/mol. The fourth-order valence-corrected chi connectivity index (χ4v) is 2.16. The van der Waals surface area contributed by atoms with E-state index >= 15 is 0 Å². The molecule has 21 heavy (non-hydrogen) atoms. The normalized spacial score (nSPS) is 9.86. The second kappa shape index (κ2) is 8.02. The number of halogens is 2. The highest BCUT2D eigenvalue weighted by atomic mass is 79.9. The summed E-state index contributed by atoms with van der Waals surface area (Å²) >= 11 is 3.35. The molecule has 2 heterocycles. The topological polar surface area (TPSA) is 82.2 Å². The van der Waals surface area contributed by atoms with Gasteiger partial charge in [-0.25, -0.2) is 0 Å². The average Bonchev–Trinajstić information content (AvgIpc) is 2.42. The first-order valence-corrected chi connectivity index (χ1v) is 6.82. The monoisotopic (exact) mass is 374 g/mol. The molecular formula is C13H16BrClN4O2. The summed E-state index contributed by atoms with van der Waals surface area (Å²) in [6, 6.07) is 7.00. The lowest BCUT2D eigenvalue weighted by Crippen LogP contribution is -2.19. The zero-order valence-electron chi connectivity index (χ0n) is 11.4. The predicted molar refractivity (Wildman–Crippen MR) is 88.7 cm³/mol. The number of aromatic nitrogens is 2. The van der Waals surface area contributed by atoms with Crippen molar-refractivity contribution < 1.29 is 4.74 Å². The van der Waals surface area contributed by atoms with Crippen LogP contribution < -0.4 is 21.3 Å². The van der Waals surface area contributed by atoms with E-state index in [1.54, 1.807) is 37.5 Å². The number of nitrogens with two attached hydrogens (primary N) is 1. The minimum absolute atomic E-state index is 0. The molecule has 0 unspecified atom stereocenters. The zero-order chi connectivity index (χ0) is 14.5. The fourth-order valence-electron chi connectivity index (χ4n) is 1.63. The molecule has 114 valence electrons. The third kappa shape index (κ3) is 4.73. The molecule has 0 fully saturated rings. The molecule has 0 aliphatic carbocycles. The Labute approximate surface area is 136 Å². The minimum Gasteiger partial charge on any atom is -0.476 e. The van der Waals surface area contributed by atoms with E-state index < -0.39 is 0 Å². The molecule has 0 atom stereocenters. The van der Waals surface area contributed by atoms with Crippen molar-refractivity contribution in [3.8, 4) is 5.88 Å². The van der Waals surface area contributed by atoms with Crippen LogP contribution in [0.1, 0.15) is 0 Å². The SMILES string of the molecule is Cl.Cn1cc(Br)cc(Nc2cccc(OCCN)n2)c1=O. The van der Waals surface area contributed by atoms with E-state index in [1.807, 2.05) is 0 Å². The Bertz CT molecular complexity index is 663. The average molecular weight is 376 g/mol. The maximum Gasteiger partial charge on any atom is 0.274 e. The zero-order valence-corrected chi connectivity index (χ0v) is 13.8. The summed E-state index contributed by atoms with van der Waals surface area (Å²) in [4.78, 5) is 16.2. The highest BCUT2D eigenvalue weighted by Crippen LogP contribution is 2.17. The molecule has 2 aromatic rings. The van der Waals surface area contributed by atoms with Crippen LogP contribution in [0.3, 0.4) is 0 Å². The van der Waals surface area contributed by atoms with Gasteiger partial charge in [0, 0.05) is 30.3 Å². The van der Waals surface area contributed by atoms with Gasteiger partial charge < -0.3 is 20.4 Å². The van der Waals surface area contributed by atoms with Crippen LogP contribution in [0, 0.1) is 0 Å². The Kier molecular flexibility index (Phi) is 6.67. The van der Waals surface area contributed by atoms with Crippen molar-refractivity contribution in [3.63, 3.8) is 0 Å². The number of anilines is 2. The molecule has 0 aliphatic heterocycles. The van der Waals surface area contributed by atoms with E-state index in [1.165, 1.54) is 4.57 Å². The molecule has 2 aromatic heterocycles. The number of nitrogens with zero attached hydrogens (tertiary/aromatic N) is 2. The van der Waals surface area contributed by atoms with Gasteiger partial charge in [-0.05, 0) is 28.1 Å². The van der Waals surface area contributed by atoms with Crippen molar-refractivity contribution in [2.45, 2.75) is 0 Å². The molecule has 8 heteroatoms. The summed E-state index contributed by atoms with van der Waals surface area (Å²) in [5.74, 6) is 1.00. The van der Waals surface area contributed by atoms with Gasteiger partial charge in [-0.3, -0.25) is 4.79 Å². The molecule has 3 N–H and O–H groups in total. The van der Waals surface area contributed by atoms with E-state index in [9.17, 15) is 4.79 Å². The number of aryl methyl sites for hydroxylation is 1. The van der Waals surface area contributed by atoms with Crippen molar-refractivity contribution in [1.29, 1.82) is 0 Å². The first kappa shape index (κ1) is 17.5. The van der Waals surface area contributed by atoms with Crippen molar-refractivity contribution in [2.24, 2.45) is 12.8 Å². The van der Waals surface area contributed by atoms with Crippen molar-refractivity contribution in [2.75, 3.05) is 18.5 Å². The van der Waals surface area contributed by atoms with Crippen molar-refractivity contribution >= 4 is 39.8 Å². The van der Waals surface area contributed by atoms with Crippen LogP contribution in [0.5, 0.6) is 5.88 Å². The molecule has 0 radical (unpaired) electrons. The van der Waals surface area contributed by atoms with Gasteiger partial charge in [0.05, 0.1) is 0 Å². The lowest BCUT2D eigenvalue weighted by Gasteiger charge is -2.09. The first-order chi connectivity index (χ1) is 9.60. The van der Waals surface area contributed by atoms with Gasteiger partial charge >= 0.3 is 0 Å². The van der Waals surface area contributed by atoms with Gasteiger partial charge in [-0.15, -0.1) is 12.4 Å². The van der Waals surface area contributed by atoms with Crippen LogP contribution in [0.2, 0.25) is 0 Å². The molecule has 0 amide bonds. The lowest BCUT2D eigenvalue weighted by molar-refractivity contribution is 0.316. The summed E-state index contributed by atoms with van der Waals surface area (Å²) in [7, 11) is 1.69. The number of rotatable bonds is 5. The lowest BCUT2D eigenvalue weighted by atomic mass is 10.4. The Morgan fingerprint density at radius 3 is 2.95 bits per heavy atom. The van der Waals surface area contributed by atoms with Crippen LogP contribution in [0.25, 0.3) is 0 Å². The van der Waals surface area contributed by atoms with Crippen molar-refractivity contribution in [3.05, 3.63) is 45.3 Å². The molecule has 0 aromatic carbocycles. The van der Waals surface area contributed by atoms with Gasteiger partial charge in [-0.2, -0.15) is 4.98 Å². The molecule has 2 rings (SSSR count). The van der Waals surface area contributed by atoms with E-state index in [4.69, 9.17) is 10.5 Å². The molecule has 0 saturated heterocycles. The summed E-state index contributed by atoms with van der Waals surface area (Å²) in [6.07, 6.45) is 1.70. The second-order valence-corrected chi connectivity index (χ2v) is 5.03. The molecule has 6 nitrogen and oxygen atoms in total. The Morgan fingerprint density at radius 1 is 1.48 bits per heavy atom. The number of pyridine rings is 2. The summed E-state index contributed by atoms with van der Waals surface area (Å²) in [6.45, 7) is 0.820. The quantitative estimate of drug-likeness (QED) is 0.836. The Balaban J connectivity index is 0.00000220. The summed E-state index contributed by atoms with van der Waals surface area (Å²) in [5.41, 5.74) is 5.67. The maximum atomic E-state index is 12.0. The third-order valence-corrected chi connectivity index (χ3v) is 2.94. The van der Waals surface area contributed by atoms with Crippen LogP contribution in [0.4, 0.5) is 11.5 Å². The maximum absolute atomic E-state index is 12.0. The Hall–Kier alpha value is -1.57. The summed E-state index contributed by atoms with van der Waals surface area (Å²) in [5, 5.41) is 2.98. The summed E-state index contributed by atoms with van der Waals surface area (Å²) < 4.78 is 7.63. The number of hydrogen-bond acceptors (Lipinski definition) is 5. The molecule has 0 saturated carbocycles. The molecule has 0 aliphatic rings. The van der Waals surface area contributed by atoms with Gasteiger partial charge in [0.15, 0.2) is 0 Å². The van der Waals surface area contributed by atoms with Crippen LogP contribution in [-0.4, -0.2) is 22.7 Å². The van der Waals surface area contributed by atoms with E-state index in [-0.39, 0.29) is 18.0 Å². The van der Waals surface area contributed by atoms with Gasteiger partial charge in [-0.1, -0.05) is 6.07 Å². The number of ether oxygens (including phenoxy) is 1. The Morgan fingerprint density at radius 2 is 2.24 bits per heavy atom. The standard InChI is InChI=1S/C13H15BrN4O2.ClH/c1-18-8-9(14)7-10(13(18)19)16-11-3-2-4-12(17-11)20-6-5-15;/h2-4,7-8H,5-6,15H2,1H3,(H,16,17);1H.